The molecular weight excluding hydrogens is 1500 g/mol. The number of aryl methyl sites for hydroxylation is 4. The summed E-state index contributed by atoms with van der Waals surface area (Å²) >= 11 is 22.3. The first-order valence-electron chi connectivity index (χ1n) is 30.3. The lowest BCUT2D eigenvalue weighted by Crippen LogP contribution is -2.19. The molecule has 0 radical (unpaired) electrons. The summed E-state index contributed by atoms with van der Waals surface area (Å²) in [6.07, 6.45) is 7.65. The van der Waals surface area contributed by atoms with Crippen molar-refractivity contribution in [3.05, 3.63) is 257 Å². The van der Waals surface area contributed by atoms with Gasteiger partial charge in [-0.25, -0.2) is 57.9 Å². The van der Waals surface area contributed by atoms with E-state index < -0.39 is 41.3 Å². The maximum Gasteiger partial charge on any atom is 0.335 e. The number of pyridine rings is 6. The minimum absolute atomic E-state index is 0.166. The number of carboxylic acids is 4. The molecule has 30 nitrogen and oxygen atoms in total. The van der Waals surface area contributed by atoms with Crippen molar-refractivity contribution >= 4 is 163 Å². The van der Waals surface area contributed by atoms with Crippen LogP contribution in [0, 0.1) is 39.3 Å². The van der Waals surface area contributed by atoms with Gasteiger partial charge in [0.2, 0.25) is 0 Å². The van der Waals surface area contributed by atoms with Crippen LogP contribution >= 0.6 is 46.4 Å². The molecule has 16 N–H and O–H groups in total. The fourth-order valence-corrected chi connectivity index (χ4v) is 9.14. The van der Waals surface area contributed by atoms with Gasteiger partial charge in [-0.15, -0.1) is 0 Å². The first kappa shape index (κ1) is 86.6. The van der Waals surface area contributed by atoms with Crippen molar-refractivity contribution in [3.8, 4) is 0 Å². The number of aromatic nitrogens is 6. The second-order valence-corrected chi connectivity index (χ2v) is 22.9. The Bertz CT molecular complexity index is 4770. The molecule has 37 heteroatoms. The minimum Gasteiger partial charge on any atom is -0.478 e. The van der Waals surface area contributed by atoms with E-state index in [4.69, 9.17) is 86.7 Å². The topological polar surface area (TPSA) is 477 Å². The summed E-state index contributed by atoms with van der Waals surface area (Å²) in [4.78, 5) is 114. The third-order valence-electron chi connectivity index (χ3n) is 13.8. The van der Waals surface area contributed by atoms with Crippen molar-refractivity contribution in [2.24, 2.45) is 0 Å². The molecular formula is C70H66Cl4F2N16O14S. The number of carbonyl (C=O) groups is 8. The fourth-order valence-electron chi connectivity index (χ4n) is 8.37. The van der Waals surface area contributed by atoms with Gasteiger partial charge in [0.15, 0.2) is 0 Å². The van der Waals surface area contributed by atoms with Crippen LogP contribution in [0.5, 0.6) is 0 Å². The van der Waals surface area contributed by atoms with E-state index in [0.29, 0.717) is 90.1 Å². The van der Waals surface area contributed by atoms with Gasteiger partial charge in [0.1, 0.15) is 44.5 Å². The Morgan fingerprint density at radius 2 is 0.682 bits per heavy atom. The molecule has 0 unspecified atom stereocenters. The Hall–Kier alpha value is -12.8. The van der Waals surface area contributed by atoms with Crippen LogP contribution in [0.4, 0.5) is 66.0 Å². The second-order valence-electron chi connectivity index (χ2n) is 21.2. The number of aromatic carboxylic acids is 4. The Labute approximate surface area is 632 Å². The van der Waals surface area contributed by atoms with Crippen molar-refractivity contribution in [2.45, 2.75) is 27.7 Å². The monoisotopic (exact) mass is 1560 g/mol. The first-order chi connectivity index (χ1) is 50.7. The van der Waals surface area contributed by atoms with E-state index in [1.54, 1.807) is 76.2 Å². The smallest absolute Gasteiger partial charge is 0.335 e. The zero-order valence-corrected chi connectivity index (χ0v) is 61.2. The molecule has 107 heavy (non-hydrogen) atoms. The highest BCUT2D eigenvalue weighted by Crippen LogP contribution is 2.30. The number of anilines is 10. The Morgan fingerprint density at radius 3 is 1.00 bits per heavy atom. The lowest BCUT2D eigenvalue weighted by molar-refractivity contribution is 0.0686. The Kier molecular flexibility index (Phi) is 34.5. The van der Waals surface area contributed by atoms with Crippen LogP contribution in [0.15, 0.2) is 159 Å². The normalized spacial score (nSPS) is 9.81. The molecule has 10 aromatic rings. The van der Waals surface area contributed by atoms with Crippen molar-refractivity contribution in [3.63, 3.8) is 0 Å². The van der Waals surface area contributed by atoms with E-state index in [0.717, 1.165) is 29.1 Å². The number of hydrogen-bond donors (Lipinski definition) is 14. The van der Waals surface area contributed by atoms with Crippen molar-refractivity contribution in [2.75, 3.05) is 60.9 Å². The van der Waals surface area contributed by atoms with Crippen LogP contribution < -0.4 is 54.0 Å². The molecule has 0 saturated carbocycles. The summed E-state index contributed by atoms with van der Waals surface area (Å²) < 4.78 is 41.6. The number of nitrogens with two attached hydrogens (primary N) is 2. The zero-order valence-electron chi connectivity index (χ0n) is 57.4. The number of halogens is 6. The summed E-state index contributed by atoms with van der Waals surface area (Å²) in [5.41, 5.74) is 19.8. The molecule has 0 bridgehead atoms. The number of carbonyl (C=O) groups excluding carboxylic acids is 4. The molecule has 0 saturated heterocycles. The first-order valence-corrected chi connectivity index (χ1v) is 32.5. The van der Waals surface area contributed by atoms with Crippen LogP contribution in [0.25, 0.3) is 0 Å². The van der Waals surface area contributed by atoms with Gasteiger partial charge in [0.25, 0.3) is 23.6 Å². The maximum absolute atomic E-state index is 13.0. The molecule has 558 valence electrons. The van der Waals surface area contributed by atoms with E-state index in [9.17, 15) is 47.1 Å². The van der Waals surface area contributed by atoms with Gasteiger partial charge < -0.3 is 74.4 Å². The lowest BCUT2D eigenvalue weighted by Gasteiger charge is -2.15. The number of rotatable bonds is 16. The molecule has 0 atom stereocenters. The summed E-state index contributed by atoms with van der Waals surface area (Å²) in [5, 5.41) is 59.0. The number of benzene rings is 4. The standard InChI is InChI=1S/C20H18FN5O3.2C15H14ClN3O3.C8H9NO2.C7H6Cl2N2O.C5H5FN2.O2S/c1-11-7-12(20(28)29)3-5-15(11)25-16-8-18(24-10-14(16)19(27)22-2)26-17-6-4-13(21)9-23-17;2*1-8-5-9(15(21)22)3-4-11(8)19-12-6-13(16)18-7-10(12)14(20)17-2;1-5-4-6(8(10)11)2-3-7(5)9;1-10-7(12)4-3-11-6(9)2-5(4)8;6-4-1-2-5(7)8-3-4;1-3-2/h3-10H,1-2H3,(H,22,27)(H,28,29)(H2,23,24,25,26);2*3-7H,1-2H3,(H,17,20)(H,18,19)(H,21,22);2-4H,9H2,1H3,(H,10,11);2-3H,1H3,(H,10,12);1-3H,(H2,7,8);. The quantitative estimate of drug-likeness (QED) is 0.0315. The largest absolute Gasteiger partial charge is 0.478 e. The van der Waals surface area contributed by atoms with Gasteiger partial charge in [0.05, 0.1) is 79.0 Å². The molecule has 6 aromatic heterocycles. The molecule has 0 spiro atoms. The Balaban J connectivity index is 0.000000282. The molecule has 10 rings (SSSR count). The van der Waals surface area contributed by atoms with E-state index in [1.807, 2.05) is 0 Å². The molecule has 0 fully saturated rings. The summed E-state index contributed by atoms with van der Waals surface area (Å²) in [6.45, 7) is 7.09. The number of nitrogen functional groups attached to an aromatic ring is 2. The van der Waals surface area contributed by atoms with Crippen LogP contribution in [0.3, 0.4) is 0 Å². The molecule has 0 aliphatic heterocycles. The van der Waals surface area contributed by atoms with E-state index in [1.165, 1.54) is 126 Å². The predicted molar refractivity (Wildman–Crippen MR) is 402 cm³/mol. The van der Waals surface area contributed by atoms with Crippen LogP contribution in [0.1, 0.15) is 105 Å². The fraction of sp³-hybridized carbons (Fsp3) is 0.114. The second kappa shape index (κ2) is 42.7. The third-order valence-corrected chi connectivity index (χ3v) is 14.8. The van der Waals surface area contributed by atoms with Gasteiger partial charge in [0, 0.05) is 81.8 Å². The van der Waals surface area contributed by atoms with Gasteiger partial charge in [-0.2, -0.15) is 8.42 Å². The zero-order chi connectivity index (χ0) is 79.8. The van der Waals surface area contributed by atoms with Crippen molar-refractivity contribution in [1.82, 2.24) is 51.2 Å². The molecule has 4 aromatic carbocycles. The summed E-state index contributed by atoms with van der Waals surface area (Å²) in [7, 11) is 6.07. The van der Waals surface area contributed by atoms with E-state index >= 15 is 0 Å². The van der Waals surface area contributed by atoms with Crippen molar-refractivity contribution < 1.29 is 76.0 Å². The summed E-state index contributed by atoms with van der Waals surface area (Å²) in [6, 6.07) is 30.1. The molecule has 4 amide bonds. The minimum atomic E-state index is -1.02. The van der Waals surface area contributed by atoms with Gasteiger partial charge >= 0.3 is 35.4 Å². The van der Waals surface area contributed by atoms with E-state index in [-0.39, 0.29) is 67.2 Å². The van der Waals surface area contributed by atoms with Crippen LogP contribution in [-0.2, 0) is 11.6 Å². The third kappa shape index (κ3) is 27.7. The molecule has 6 heterocycles. The van der Waals surface area contributed by atoms with Crippen molar-refractivity contribution in [1.29, 1.82) is 0 Å². The average molecular weight is 1570 g/mol. The van der Waals surface area contributed by atoms with Gasteiger partial charge in [-0.3, -0.25) is 19.2 Å². The van der Waals surface area contributed by atoms with Crippen LogP contribution in [0.2, 0.25) is 20.5 Å². The highest BCUT2D eigenvalue weighted by Gasteiger charge is 2.18. The Morgan fingerprint density at radius 1 is 0.364 bits per heavy atom. The molecule has 0 aliphatic rings. The number of nitrogens with one attached hydrogen (secondary N) is 8. The van der Waals surface area contributed by atoms with E-state index in [2.05, 4.69) is 72.4 Å². The van der Waals surface area contributed by atoms with Gasteiger partial charge in [-0.1, -0.05) is 46.4 Å². The number of hydrogen-bond acceptors (Lipinski definition) is 22. The number of nitrogens with zero attached hydrogens (tertiary/aromatic N) is 6. The maximum atomic E-state index is 13.0. The number of amides is 4. The average Bonchev–Trinajstić information content (AvgIpc) is 0.824. The summed E-state index contributed by atoms with van der Waals surface area (Å²) in [5.74, 6) is -4.85. The highest BCUT2D eigenvalue weighted by atomic mass is 35.5. The lowest BCUT2D eigenvalue weighted by atomic mass is 10.1. The predicted octanol–water partition coefficient (Wildman–Crippen LogP) is 12.3. The number of carboxylic acid groups (broad SMARTS) is 4. The van der Waals surface area contributed by atoms with Gasteiger partial charge in [-0.05, 0) is 165 Å². The molecule has 0 aliphatic carbocycles. The van der Waals surface area contributed by atoms with Crippen LogP contribution in [-0.4, -0.2) is 134 Å². The highest BCUT2D eigenvalue weighted by molar-refractivity contribution is 7.51. The SMILES string of the molecule is CNC(=O)c1cnc(Cl)cc1Cl.CNC(=O)c1cnc(Cl)cc1Nc1ccc(C(=O)O)cc1C.CNC(=O)c1cnc(Cl)cc1Nc1ccc(C(=O)O)cc1C.CNC(=O)c1cnc(Nc2ccc(F)cn2)cc1Nc1ccc(C(=O)O)cc1C.Cc1cc(C(=O)O)ccc1N.Nc1ccc(F)cn1.O=S=O.